The zero-order chi connectivity index (χ0) is 30.1. The Morgan fingerprint density at radius 1 is 0.698 bits per heavy atom. The second kappa shape index (κ2) is 14.2. The third kappa shape index (κ3) is 7.74. The number of hydrogen-bond donors (Lipinski definition) is 2. The van der Waals surface area contributed by atoms with Crippen LogP contribution >= 0.6 is 0 Å². The second-order valence-corrected chi connectivity index (χ2v) is 10.6. The highest BCUT2D eigenvalue weighted by molar-refractivity contribution is 5.84. The topological polar surface area (TPSA) is 103 Å². The monoisotopic (exact) mass is 580 g/mol. The lowest BCUT2D eigenvalue weighted by Crippen LogP contribution is -2.49. The number of nitrogens with zero attached hydrogens (tertiary/aromatic N) is 2. The van der Waals surface area contributed by atoms with E-state index < -0.39 is 17.9 Å². The molecular formula is C35H36N2O6. The van der Waals surface area contributed by atoms with E-state index in [1.807, 2.05) is 117 Å². The van der Waals surface area contributed by atoms with Gasteiger partial charge in [0.2, 0.25) is 5.88 Å². The number of fused-ring (bicyclic) bond motifs is 1. The summed E-state index contributed by atoms with van der Waals surface area (Å²) in [6.45, 7) is 4.98. The standard InChI is InChI=1S/C35H36N2O6/c1-25(29-18-19-30-31(20-29)36-34(39)37-32(30)38)35(2,43-23-28-16-10-5-11-17-28)33(41-22-27-14-8-4-9-15-27)42-24-40-21-26-12-6-3-7-13-26/h3-20,25,33H,21-24H2,1-2H3,(H2,36,37,38,39)/t25?,33-,35+/m1/s1. The van der Waals surface area contributed by atoms with Gasteiger partial charge >= 0.3 is 6.01 Å². The lowest BCUT2D eigenvalue weighted by Gasteiger charge is -2.41. The molecule has 1 aromatic heterocycles. The first-order valence-electron chi connectivity index (χ1n) is 14.2. The lowest BCUT2D eigenvalue weighted by molar-refractivity contribution is -0.287. The molecule has 0 aliphatic carbocycles. The maximum Gasteiger partial charge on any atom is 0.317 e. The molecule has 1 unspecified atom stereocenters. The van der Waals surface area contributed by atoms with Crippen LogP contribution in [0.15, 0.2) is 109 Å². The number of hydrogen-bond acceptors (Lipinski definition) is 8. The van der Waals surface area contributed by atoms with Crippen LogP contribution in [0.2, 0.25) is 0 Å². The van der Waals surface area contributed by atoms with Gasteiger partial charge in [-0.1, -0.05) is 104 Å². The van der Waals surface area contributed by atoms with Gasteiger partial charge in [0, 0.05) is 5.92 Å². The van der Waals surface area contributed by atoms with Crippen LogP contribution in [0.5, 0.6) is 11.9 Å². The highest BCUT2D eigenvalue weighted by atomic mass is 16.8. The Bertz CT molecular complexity index is 1590. The number of benzene rings is 4. The van der Waals surface area contributed by atoms with Crippen LogP contribution in [0.1, 0.15) is 42.0 Å². The average molecular weight is 581 g/mol. The molecule has 0 saturated carbocycles. The maximum atomic E-state index is 10.2. The van der Waals surface area contributed by atoms with Crippen LogP contribution < -0.4 is 0 Å². The molecule has 0 radical (unpaired) electrons. The molecule has 3 atom stereocenters. The number of aromatic hydroxyl groups is 2. The molecule has 5 aromatic rings. The van der Waals surface area contributed by atoms with Gasteiger partial charge in [0.15, 0.2) is 6.29 Å². The molecule has 43 heavy (non-hydrogen) atoms. The summed E-state index contributed by atoms with van der Waals surface area (Å²) in [6, 6.07) is 34.6. The quantitative estimate of drug-likeness (QED) is 0.109. The minimum absolute atomic E-state index is 0.0158. The Morgan fingerprint density at radius 3 is 1.91 bits per heavy atom. The molecule has 8 nitrogen and oxygen atoms in total. The van der Waals surface area contributed by atoms with Crippen molar-refractivity contribution in [1.82, 2.24) is 9.97 Å². The van der Waals surface area contributed by atoms with Crippen LogP contribution in [0.25, 0.3) is 10.9 Å². The van der Waals surface area contributed by atoms with E-state index in [0.717, 1.165) is 22.3 Å². The molecule has 4 aromatic carbocycles. The summed E-state index contributed by atoms with van der Waals surface area (Å²) >= 11 is 0. The van der Waals surface area contributed by atoms with Gasteiger partial charge in [0.25, 0.3) is 0 Å². The third-order valence-electron chi connectivity index (χ3n) is 7.57. The highest BCUT2D eigenvalue weighted by Gasteiger charge is 2.43. The van der Waals surface area contributed by atoms with Gasteiger partial charge < -0.3 is 29.2 Å². The van der Waals surface area contributed by atoms with Crippen LogP contribution in [-0.2, 0) is 38.8 Å². The molecule has 222 valence electrons. The SMILES string of the molecule is CC(c1ccc2c(O)nc(O)nc2c1)[C@](C)(OCc1ccccc1)[C@@H](OCOCc1ccccc1)OCc1ccccc1. The summed E-state index contributed by atoms with van der Waals surface area (Å²) in [7, 11) is 0. The van der Waals surface area contributed by atoms with Crippen LogP contribution in [0.3, 0.4) is 0 Å². The van der Waals surface area contributed by atoms with Crippen LogP contribution in [-0.4, -0.2) is 38.9 Å². The first kappa shape index (κ1) is 30.1. The van der Waals surface area contributed by atoms with Gasteiger partial charge in [-0.15, -0.1) is 0 Å². The molecule has 0 aliphatic rings. The smallest absolute Gasteiger partial charge is 0.317 e. The molecule has 0 saturated heterocycles. The van der Waals surface area contributed by atoms with Gasteiger partial charge in [-0.3, -0.25) is 0 Å². The summed E-state index contributed by atoms with van der Waals surface area (Å²) in [4.78, 5) is 7.78. The summed E-state index contributed by atoms with van der Waals surface area (Å²) in [5.74, 6) is -0.581. The van der Waals surface area contributed by atoms with E-state index in [1.165, 1.54) is 0 Å². The van der Waals surface area contributed by atoms with Crippen molar-refractivity contribution >= 4 is 10.9 Å². The summed E-state index contributed by atoms with van der Waals surface area (Å²) < 4.78 is 25.4. The summed E-state index contributed by atoms with van der Waals surface area (Å²) in [5.41, 5.74) is 3.27. The Morgan fingerprint density at radius 2 is 1.28 bits per heavy atom. The lowest BCUT2D eigenvalue weighted by atomic mass is 9.83. The fraction of sp³-hybridized carbons (Fsp3) is 0.257. The second-order valence-electron chi connectivity index (χ2n) is 10.6. The van der Waals surface area contributed by atoms with E-state index >= 15 is 0 Å². The maximum absolute atomic E-state index is 10.2. The van der Waals surface area contributed by atoms with Gasteiger partial charge in [-0.2, -0.15) is 9.97 Å². The molecule has 5 rings (SSSR count). The minimum atomic E-state index is -1.02. The van der Waals surface area contributed by atoms with Crippen molar-refractivity contribution in [2.75, 3.05) is 6.79 Å². The van der Waals surface area contributed by atoms with Gasteiger partial charge in [-0.25, -0.2) is 0 Å². The zero-order valence-electron chi connectivity index (χ0n) is 24.3. The Kier molecular flexibility index (Phi) is 9.96. The van der Waals surface area contributed by atoms with Crippen molar-refractivity contribution in [2.45, 2.75) is 51.5 Å². The van der Waals surface area contributed by atoms with E-state index in [2.05, 4.69) is 9.97 Å². The molecular weight excluding hydrogens is 544 g/mol. The fourth-order valence-electron chi connectivity index (χ4n) is 4.90. The van der Waals surface area contributed by atoms with Crippen LogP contribution in [0.4, 0.5) is 0 Å². The third-order valence-corrected chi connectivity index (χ3v) is 7.57. The normalized spacial score (nSPS) is 14.3. The molecule has 0 fully saturated rings. The molecule has 0 amide bonds. The number of rotatable bonds is 14. The van der Waals surface area contributed by atoms with E-state index in [1.54, 1.807) is 6.07 Å². The molecule has 2 N–H and O–H groups in total. The zero-order valence-corrected chi connectivity index (χ0v) is 24.3. The van der Waals surface area contributed by atoms with Crippen molar-refractivity contribution in [3.63, 3.8) is 0 Å². The van der Waals surface area contributed by atoms with Crippen molar-refractivity contribution in [2.24, 2.45) is 0 Å². The highest BCUT2D eigenvalue weighted by Crippen LogP contribution is 2.39. The minimum Gasteiger partial charge on any atom is -0.493 e. The number of ether oxygens (including phenoxy) is 4. The first-order valence-corrected chi connectivity index (χ1v) is 14.2. The van der Waals surface area contributed by atoms with Crippen molar-refractivity contribution < 1.29 is 29.2 Å². The van der Waals surface area contributed by atoms with Crippen LogP contribution in [0, 0.1) is 0 Å². The molecule has 0 bridgehead atoms. The number of aromatic nitrogens is 2. The molecule has 0 aliphatic heterocycles. The Labute approximate surface area is 251 Å². The predicted molar refractivity (Wildman–Crippen MR) is 163 cm³/mol. The van der Waals surface area contributed by atoms with E-state index in [4.69, 9.17) is 18.9 Å². The first-order chi connectivity index (χ1) is 20.9. The average Bonchev–Trinajstić information content (AvgIpc) is 3.04. The van der Waals surface area contributed by atoms with E-state index in [-0.39, 0.29) is 18.6 Å². The Balaban J connectivity index is 1.45. The molecule has 1 heterocycles. The van der Waals surface area contributed by atoms with Gasteiger partial charge in [0.1, 0.15) is 12.4 Å². The van der Waals surface area contributed by atoms with Crippen molar-refractivity contribution in [3.05, 3.63) is 131 Å². The summed E-state index contributed by atoms with van der Waals surface area (Å²) in [5, 5.41) is 20.6. The van der Waals surface area contributed by atoms with Crippen molar-refractivity contribution in [1.29, 1.82) is 0 Å². The van der Waals surface area contributed by atoms with E-state index in [9.17, 15) is 10.2 Å². The molecule has 0 spiro atoms. The Hall–Kier alpha value is -4.34. The summed E-state index contributed by atoms with van der Waals surface area (Å²) in [6.07, 6.45) is -0.843. The molecule has 8 heteroatoms. The van der Waals surface area contributed by atoms with Gasteiger partial charge in [-0.05, 0) is 41.3 Å². The largest absolute Gasteiger partial charge is 0.493 e. The predicted octanol–water partition coefficient (Wildman–Crippen LogP) is 6.85. The fourth-order valence-corrected chi connectivity index (χ4v) is 4.90. The van der Waals surface area contributed by atoms with E-state index in [0.29, 0.717) is 30.7 Å². The van der Waals surface area contributed by atoms with Crippen molar-refractivity contribution in [3.8, 4) is 11.9 Å². The van der Waals surface area contributed by atoms with Gasteiger partial charge in [0.05, 0.1) is 30.7 Å².